The van der Waals surface area contributed by atoms with Crippen LogP contribution >= 0.6 is 24.0 Å². The molecule has 1 N–H and O–H groups in total. The lowest BCUT2D eigenvalue weighted by molar-refractivity contribution is -0.113. The minimum Gasteiger partial charge on any atom is -0.478 e. The molecular weight excluding hydrogens is 380 g/mol. The minimum absolute atomic E-state index is 0.102. The maximum atomic E-state index is 12.9. The minimum atomic E-state index is -1.05. The lowest BCUT2D eigenvalue weighted by Crippen LogP contribution is -2.27. The number of para-hydroxylation sites is 1. The van der Waals surface area contributed by atoms with Crippen LogP contribution in [0.25, 0.3) is 17.0 Å². The molecule has 2 aromatic carbocycles. The molecule has 27 heavy (non-hydrogen) atoms. The van der Waals surface area contributed by atoms with Gasteiger partial charge in [-0.2, -0.15) is 0 Å². The van der Waals surface area contributed by atoms with Crippen LogP contribution in [-0.4, -0.2) is 26.3 Å². The van der Waals surface area contributed by atoms with E-state index in [0.717, 1.165) is 16.5 Å². The van der Waals surface area contributed by atoms with Gasteiger partial charge < -0.3 is 5.11 Å². The first-order chi connectivity index (χ1) is 13.0. The van der Waals surface area contributed by atoms with Gasteiger partial charge in [0, 0.05) is 11.6 Å². The van der Waals surface area contributed by atoms with Crippen LogP contribution in [0.2, 0.25) is 0 Å². The summed E-state index contributed by atoms with van der Waals surface area (Å²) in [6.07, 6.45) is 3.50. The molecule has 0 saturated carbocycles. The largest absolute Gasteiger partial charge is 0.478 e. The number of carbonyl (C=O) groups is 2. The zero-order valence-electron chi connectivity index (χ0n) is 13.8. The van der Waals surface area contributed by atoms with Gasteiger partial charge in [0.1, 0.15) is 0 Å². The molecule has 5 nitrogen and oxygen atoms in total. The highest BCUT2D eigenvalue weighted by atomic mass is 32.2. The van der Waals surface area contributed by atoms with Gasteiger partial charge in [-0.05, 0) is 42.0 Å². The summed E-state index contributed by atoms with van der Waals surface area (Å²) in [6.45, 7) is 0. The number of rotatable bonds is 3. The normalized spacial score (nSPS) is 15.7. The molecule has 0 spiro atoms. The Morgan fingerprint density at radius 1 is 1.15 bits per heavy atom. The van der Waals surface area contributed by atoms with Crippen LogP contribution in [0.1, 0.15) is 15.9 Å². The molecule has 0 atom stereocenters. The van der Waals surface area contributed by atoms with Crippen molar-refractivity contribution in [3.8, 4) is 0 Å². The Hall–Kier alpha value is -3.03. The SMILES string of the molecule is O=C(O)c1cccc(N2C(=O)C(=Cc3ccnc4ccccc34)SC2=S)c1. The lowest BCUT2D eigenvalue weighted by atomic mass is 10.1. The number of carboxylic acid groups (broad SMARTS) is 1. The van der Waals surface area contributed by atoms with E-state index >= 15 is 0 Å². The zero-order chi connectivity index (χ0) is 19.0. The maximum absolute atomic E-state index is 12.9. The number of pyridine rings is 1. The number of amides is 1. The van der Waals surface area contributed by atoms with Gasteiger partial charge in [-0.15, -0.1) is 0 Å². The number of aromatic carboxylic acids is 1. The molecule has 132 valence electrons. The Kier molecular flexibility index (Phi) is 4.47. The first-order valence-corrected chi connectivity index (χ1v) is 9.22. The van der Waals surface area contributed by atoms with Gasteiger partial charge in [-0.25, -0.2) is 4.79 Å². The fourth-order valence-electron chi connectivity index (χ4n) is 2.85. The van der Waals surface area contributed by atoms with Crippen molar-refractivity contribution in [2.24, 2.45) is 0 Å². The summed E-state index contributed by atoms with van der Waals surface area (Å²) < 4.78 is 0.368. The number of anilines is 1. The molecule has 0 unspecified atom stereocenters. The summed E-state index contributed by atoms with van der Waals surface area (Å²) in [7, 11) is 0. The van der Waals surface area contributed by atoms with Gasteiger partial charge in [-0.1, -0.05) is 48.2 Å². The number of hydrogen-bond acceptors (Lipinski definition) is 5. The number of carboxylic acids is 1. The molecule has 1 fully saturated rings. The van der Waals surface area contributed by atoms with E-state index in [1.807, 2.05) is 30.3 Å². The van der Waals surface area contributed by atoms with Crippen molar-refractivity contribution in [2.75, 3.05) is 4.90 Å². The number of carbonyl (C=O) groups excluding carboxylic acids is 1. The second-order valence-corrected chi connectivity index (χ2v) is 7.47. The van der Waals surface area contributed by atoms with Crippen LogP contribution in [0.5, 0.6) is 0 Å². The molecule has 1 saturated heterocycles. The highest BCUT2D eigenvalue weighted by Crippen LogP contribution is 2.36. The molecule has 1 aliphatic rings. The zero-order valence-corrected chi connectivity index (χ0v) is 15.5. The molecule has 0 bridgehead atoms. The molecule has 1 aliphatic heterocycles. The van der Waals surface area contributed by atoms with Gasteiger partial charge in [0.2, 0.25) is 0 Å². The quantitative estimate of drug-likeness (QED) is 0.528. The summed E-state index contributed by atoms with van der Waals surface area (Å²) >= 11 is 6.56. The van der Waals surface area contributed by atoms with Crippen molar-refractivity contribution in [1.29, 1.82) is 0 Å². The summed E-state index contributed by atoms with van der Waals surface area (Å²) in [6, 6.07) is 15.7. The molecule has 3 aromatic rings. The maximum Gasteiger partial charge on any atom is 0.335 e. The van der Waals surface area contributed by atoms with Crippen molar-refractivity contribution < 1.29 is 14.7 Å². The van der Waals surface area contributed by atoms with Gasteiger partial charge >= 0.3 is 5.97 Å². The molecule has 7 heteroatoms. The smallest absolute Gasteiger partial charge is 0.335 e. The van der Waals surface area contributed by atoms with E-state index in [4.69, 9.17) is 12.2 Å². The van der Waals surface area contributed by atoms with Gasteiger partial charge in [0.15, 0.2) is 4.32 Å². The predicted molar refractivity (Wildman–Crippen MR) is 111 cm³/mol. The van der Waals surface area contributed by atoms with Gasteiger partial charge in [-0.3, -0.25) is 14.7 Å². The molecule has 1 amide bonds. The first-order valence-electron chi connectivity index (χ1n) is 7.99. The van der Waals surface area contributed by atoms with E-state index in [0.29, 0.717) is 14.9 Å². The number of thioether (sulfide) groups is 1. The third-order valence-electron chi connectivity index (χ3n) is 4.11. The second-order valence-electron chi connectivity index (χ2n) is 5.79. The monoisotopic (exact) mass is 392 g/mol. The van der Waals surface area contributed by atoms with Crippen LogP contribution in [0.15, 0.2) is 65.7 Å². The number of hydrogen-bond donors (Lipinski definition) is 1. The van der Waals surface area contributed by atoms with Crippen LogP contribution in [0.3, 0.4) is 0 Å². The average Bonchev–Trinajstić information content (AvgIpc) is 2.95. The Morgan fingerprint density at radius 3 is 2.78 bits per heavy atom. The number of thiocarbonyl (C=S) groups is 1. The molecular formula is C20H12N2O3S2. The third-order valence-corrected chi connectivity index (χ3v) is 5.42. The van der Waals surface area contributed by atoms with Crippen molar-refractivity contribution >= 4 is 62.8 Å². The second kappa shape index (κ2) is 6.94. The first kappa shape index (κ1) is 17.4. The van der Waals surface area contributed by atoms with Crippen LogP contribution in [0.4, 0.5) is 5.69 Å². The van der Waals surface area contributed by atoms with Crippen LogP contribution in [-0.2, 0) is 4.79 Å². The predicted octanol–water partition coefficient (Wildman–Crippen LogP) is 4.34. The standard InChI is InChI=1S/C20H12N2O3S2/c23-18-17(11-12-8-9-21-16-7-2-1-6-15(12)16)27-20(26)22(18)14-5-3-4-13(10-14)19(24)25/h1-11H,(H,24,25). The number of fused-ring (bicyclic) bond motifs is 1. The van der Waals surface area contributed by atoms with Gasteiger partial charge in [0.05, 0.1) is 21.7 Å². The van der Waals surface area contributed by atoms with E-state index in [1.165, 1.54) is 28.8 Å². The highest BCUT2D eigenvalue weighted by Gasteiger charge is 2.33. The summed E-state index contributed by atoms with van der Waals surface area (Å²) in [5, 5.41) is 10.1. The topological polar surface area (TPSA) is 70.5 Å². The average molecular weight is 392 g/mol. The van der Waals surface area contributed by atoms with E-state index < -0.39 is 5.97 Å². The van der Waals surface area contributed by atoms with Gasteiger partial charge in [0.25, 0.3) is 5.91 Å². The highest BCUT2D eigenvalue weighted by molar-refractivity contribution is 8.27. The summed E-state index contributed by atoms with van der Waals surface area (Å²) in [5.74, 6) is -1.32. The Morgan fingerprint density at radius 2 is 1.96 bits per heavy atom. The van der Waals surface area contributed by atoms with Crippen molar-refractivity contribution in [3.05, 3.63) is 76.8 Å². The number of benzene rings is 2. The van der Waals surface area contributed by atoms with Crippen molar-refractivity contribution in [2.45, 2.75) is 0 Å². The Labute approximate surface area is 164 Å². The van der Waals surface area contributed by atoms with Crippen molar-refractivity contribution in [3.63, 3.8) is 0 Å². The van der Waals surface area contributed by atoms with E-state index in [1.54, 1.807) is 24.4 Å². The molecule has 2 heterocycles. The fraction of sp³-hybridized carbons (Fsp3) is 0. The molecule has 0 radical (unpaired) electrons. The van der Waals surface area contributed by atoms with E-state index in [2.05, 4.69) is 4.98 Å². The summed E-state index contributed by atoms with van der Waals surface area (Å²) in [5.41, 5.74) is 2.27. The number of nitrogens with zero attached hydrogens (tertiary/aromatic N) is 2. The van der Waals surface area contributed by atoms with Crippen LogP contribution in [0, 0.1) is 0 Å². The van der Waals surface area contributed by atoms with E-state index in [-0.39, 0.29) is 11.5 Å². The molecule has 0 aliphatic carbocycles. The fourth-order valence-corrected chi connectivity index (χ4v) is 4.14. The van der Waals surface area contributed by atoms with Crippen LogP contribution < -0.4 is 4.90 Å². The Bertz CT molecular complexity index is 1140. The molecule has 4 rings (SSSR count). The third kappa shape index (κ3) is 3.22. The lowest BCUT2D eigenvalue weighted by Gasteiger charge is -2.14. The Balaban J connectivity index is 1.74. The summed E-state index contributed by atoms with van der Waals surface area (Å²) in [4.78, 5) is 30.3. The number of aromatic nitrogens is 1. The van der Waals surface area contributed by atoms with Crippen molar-refractivity contribution in [1.82, 2.24) is 4.98 Å². The van der Waals surface area contributed by atoms with E-state index in [9.17, 15) is 14.7 Å². The molecule has 1 aromatic heterocycles.